The summed E-state index contributed by atoms with van der Waals surface area (Å²) in [5, 5.41) is 8.69. The van der Waals surface area contributed by atoms with Crippen molar-refractivity contribution in [3.8, 4) is 0 Å². The third-order valence-corrected chi connectivity index (χ3v) is 5.97. The first-order chi connectivity index (χ1) is 15.0. The zero-order chi connectivity index (χ0) is 23.3. The number of rotatable bonds is 6. The van der Waals surface area contributed by atoms with Gasteiger partial charge in [0.2, 0.25) is 11.9 Å². The van der Waals surface area contributed by atoms with Gasteiger partial charge in [-0.15, -0.1) is 0 Å². The topological polar surface area (TPSA) is 91.8 Å². The summed E-state index contributed by atoms with van der Waals surface area (Å²) in [5.74, 6) is -0.946. The maximum absolute atomic E-state index is 13.2. The first-order valence-corrected chi connectivity index (χ1v) is 10.0. The summed E-state index contributed by atoms with van der Waals surface area (Å²) in [4.78, 5) is 24.9. The van der Waals surface area contributed by atoms with Gasteiger partial charge in [-0.2, -0.15) is 18.2 Å². The van der Waals surface area contributed by atoms with E-state index in [1.54, 1.807) is 6.92 Å². The summed E-state index contributed by atoms with van der Waals surface area (Å²) in [7, 11) is 0. The van der Waals surface area contributed by atoms with Gasteiger partial charge in [0.15, 0.2) is 0 Å². The molecule has 3 N–H and O–H groups in total. The zero-order valence-corrected chi connectivity index (χ0v) is 16.3. The Kier molecular flexibility index (Phi) is 4.02. The summed E-state index contributed by atoms with van der Waals surface area (Å²) in [5.41, 5.74) is -2.15. The van der Waals surface area contributed by atoms with E-state index in [2.05, 4.69) is 30.9 Å². The van der Waals surface area contributed by atoms with Gasteiger partial charge in [-0.05, 0) is 33.0 Å². The monoisotopic (exact) mass is 429 g/mol. The quantitative estimate of drug-likeness (QED) is 0.647. The summed E-state index contributed by atoms with van der Waals surface area (Å²) in [6, 6.07) is 0. The van der Waals surface area contributed by atoms with Crippen LogP contribution in [0.15, 0.2) is 6.20 Å². The fraction of sp³-hybridized carbons (Fsp3) is 0.556. The Morgan fingerprint density at radius 2 is 2.21 bits per heavy atom. The molecule has 11 heteroatoms. The lowest BCUT2D eigenvalue weighted by Gasteiger charge is -2.16. The molecule has 0 radical (unpaired) electrons. The number of carbonyl (C=O) groups is 1. The number of nitrogens with one attached hydrogen (secondary N) is 3. The zero-order valence-electron chi connectivity index (χ0n) is 18.5. The molecule has 3 heterocycles. The van der Waals surface area contributed by atoms with Gasteiger partial charge in [0.1, 0.15) is 21.4 Å². The van der Waals surface area contributed by atoms with Gasteiger partial charge in [-0.3, -0.25) is 4.79 Å². The predicted molar refractivity (Wildman–Crippen MR) is 104 cm³/mol. The molecular weight excluding hydrogens is 405 g/mol. The SMILES string of the molecule is [2H]C([2H])([2H])C1(c2nc(C3CC3)c(Nc3ncc(C(F)(F)F)c(NCC)n3)s2)CCNC1=O. The summed E-state index contributed by atoms with van der Waals surface area (Å²) >= 11 is 1.01. The molecule has 2 aliphatic rings. The number of hydrogen-bond donors (Lipinski definition) is 3. The van der Waals surface area contributed by atoms with Crippen LogP contribution in [0.5, 0.6) is 0 Å². The van der Waals surface area contributed by atoms with Crippen molar-refractivity contribution in [2.45, 2.75) is 50.5 Å². The lowest BCUT2D eigenvalue weighted by molar-refractivity contribution is -0.137. The molecular formula is C18H21F3N6OS. The van der Waals surface area contributed by atoms with Crippen molar-refractivity contribution in [1.29, 1.82) is 0 Å². The molecule has 2 fully saturated rings. The van der Waals surface area contributed by atoms with Crippen LogP contribution in [-0.4, -0.2) is 33.9 Å². The van der Waals surface area contributed by atoms with Crippen molar-refractivity contribution in [2.75, 3.05) is 23.7 Å². The Hall–Kier alpha value is -2.43. The van der Waals surface area contributed by atoms with E-state index in [1.807, 2.05) is 0 Å². The van der Waals surface area contributed by atoms with Gasteiger partial charge in [-0.1, -0.05) is 11.3 Å². The van der Waals surface area contributed by atoms with Crippen LogP contribution in [0.4, 0.5) is 29.9 Å². The smallest absolute Gasteiger partial charge is 0.370 e. The molecule has 4 rings (SSSR count). The molecule has 0 bridgehead atoms. The van der Waals surface area contributed by atoms with E-state index in [4.69, 9.17) is 4.11 Å². The molecule has 1 atom stereocenters. The first kappa shape index (κ1) is 16.4. The number of aromatic nitrogens is 3. The van der Waals surface area contributed by atoms with Crippen LogP contribution in [0.2, 0.25) is 0 Å². The fourth-order valence-corrected chi connectivity index (χ4v) is 4.29. The average Bonchev–Trinajstić information content (AvgIpc) is 3.32. The van der Waals surface area contributed by atoms with Crippen molar-refractivity contribution in [3.63, 3.8) is 0 Å². The average molecular weight is 429 g/mol. The number of halogens is 3. The van der Waals surface area contributed by atoms with Gasteiger partial charge in [0, 0.05) is 29.3 Å². The van der Waals surface area contributed by atoms with Crippen LogP contribution < -0.4 is 16.0 Å². The summed E-state index contributed by atoms with van der Waals surface area (Å²) in [6.45, 7) is -0.496. The molecule has 0 aromatic carbocycles. The second-order valence-corrected chi connectivity index (χ2v) is 8.03. The Bertz CT molecular complexity index is 1040. The molecule has 2 aromatic heterocycles. The first-order valence-electron chi connectivity index (χ1n) is 10.7. The fourth-order valence-electron chi connectivity index (χ4n) is 3.12. The van der Waals surface area contributed by atoms with E-state index < -0.39 is 29.9 Å². The van der Waals surface area contributed by atoms with E-state index in [9.17, 15) is 18.0 Å². The van der Waals surface area contributed by atoms with Gasteiger partial charge in [-0.25, -0.2) is 9.97 Å². The lowest BCUT2D eigenvalue weighted by Crippen LogP contribution is -2.32. The van der Waals surface area contributed by atoms with Crippen LogP contribution >= 0.6 is 11.3 Å². The molecule has 1 aliphatic heterocycles. The van der Waals surface area contributed by atoms with Gasteiger partial charge < -0.3 is 16.0 Å². The molecule has 7 nitrogen and oxygen atoms in total. The standard InChI is InChI=1S/C18H21F3N6OS/c1-3-22-12-10(18(19,20)21)8-24-16(26-12)27-13-11(9-4-5-9)25-15(29-13)17(2)6-7-23-14(17)28/h8-9H,3-7H2,1-2H3,(H,23,28)(H2,22,24,26,27)/i2D3. The van der Waals surface area contributed by atoms with Crippen LogP contribution in [0, 0.1) is 0 Å². The number of carbonyl (C=O) groups excluding carboxylic acids is 1. The molecule has 1 saturated carbocycles. The number of thiazole rings is 1. The highest BCUT2D eigenvalue weighted by Crippen LogP contribution is 2.48. The molecule has 2 aromatic rings. The third-order valence-electron chi connectivity index (χ3n) is 4.82. The van der Waals surface area contributed by atoms with Gasteiger partial charge >= 0.3 is 6.18 Å². The Labute approximate surface area is 173 Å². The van der Waals surface area contributed by atoms with E-state index in [0.29, 0.717) is 16.9 Å². The van der Waals surface area contributed by atoms with Crippen LogP contribution in [-0.2, 0) is 16.4 Å². The van der Waals surface area contributed by atoms with E-state index in [0.717, 1.165) is 24.2 Å². The highest BCUT2D eigenvalue weighted by Gasteiger charge is 2.44. The second kappa shape index (κ2) is 7.12. The van der Waals surface area contributed by atoms with Crippen molar-refractivity contribution in [1.82, 2.24) is 20.3 Å². The number of hydrogen-bond acceptors (Lipinski definition) is 7. The minimum Gasteiger partial charge on any atom is -0.370 e. The Morgan fingerprint density at radius 3 is 2.79 bits per heavy atom. The molecule has 1 saturated heterocycles. The van der Waals surface area contributed by atoms with Gasteiger partial charge in [0.05, 0.1) is 11.1 Å². The van der Waals surface area contributed by atoms with E-state index >= 15 is 0 Å². The Balaban J connectivity index is 1.73. The Morgan fingerprint density at radius 1 is 1.41 bits per heavy atom. The largest absolute Gasteiger partial charge is 0.421 e. The molecule has 1 aliphatic carbocycles. The second-order valence-electron chi connectivity index (χ2n) is 7.03. The van der Waals surface area contributed by atoms with Crippen LogP contribution in [0.1, 0.15) is 59.3 Å². The van der Waals surface area contributed by atoms with Gasteiger partial charge in [0.25, 0.3) is 0 Å². The molecule has 1 unspecified atom stereocenters. The lowest BCUT2D eigenvalue weighted by atomic mass is 9.90. The minimum absolute atomic E-state index is 0.0788. The van der Waals surface area contributed by atoms with Crippen molar-refractivity contribution < 1.29 is 22.1 Å². The molecule has 156 valence electrons. The summed E-state index contributed by atoms with van der Waals surface area (Å²) in [6.07, 6.45) is -2.14. The minimum atomic E-state index is -4.62. The number of nitrogens with zero attached hydrogens (tertiary/aromatic N) is 3. The highest BCUT2D eigenvalue weighted by atomic mass is 32.1. The third kappa shape index (κ3) is 3.75. The van der Waals surface area contributed by atoms with Crippen LogP contribution in [0.3, 0.4) is 0 Å². The van der Waals surface area contributed by atoms with Crippen molar-refractivity contribution in [2.24, 2.45) is 0 Å². The maximum atomic E-state index is 13.2. The number of amides is 1. The summed E-state index contributed by atoms with van der Waals surface area (Å²) < 4.78 is 63.7. The number of anilines is 3. The predicted octanol–water partition coefficient (Wildman–Crippen LogP) is 3.78. The van der Waals surface area contributed by atoms with Crippen molar-refractivity contribution >= 4 is 34.0 Å². The molecule has 29 heavy (non-hydrogen) atoms. The molecule has 0 spiro atoms. The van der Waals surface area contributed by atoms with E-state index in [-0.39, 0.29) is 42.2 Å². The normalized spacial score (nSPS) is 23.9. The number of alkyl halides is 3. The van der Waals surface area contributed by atoms with E-state index in [1.165, 1.54) is 0 Å². The van der Waals surface area contributed by atoms with Crippen molar-refractivity contribution in [3.05, 3.63) is 22.5 Å². The molecule has 1 amide bonds. The maximum Gasteiger partial charge on any atom is 0.421 e. The van der Waals surface area contributed by atoms with Crippen LogP contribution in [0.25, 0.3) is 0 Å². The highest BCUT2D eigenvalue weighted by molar-refractivity contribution is 7.16.